The third kappa shape index (κ3) is 3.26. The molecule has 0 radical (unpaired) electrons. The van der Waals surface area contributed by atoms with Gasteiger partial charge in [0.25, 0.3) is 0 Å². The molecular weight excluding hydrogens is 376 g/mol. The molecule has 0 saturated heterocycles. The largest absolute Gasteiger partial charge is 0.378 e. The molecule has 2 aromatic rings. The molecule has 0 aliphatic carbocycles. The van der Waals surface area contributed by atoms with Crippen molar-refractivity contribution in [2.45, 2.75) is 6.54 Å². The minimum absolute atomic E-state index is 0.124. The summed E-state index contributed by atoms with van der Waals surface area (Å²) in [6, 6.07) is 4.19. The molecule has 0 fully saturated rings. The maximum absolute atomic E-state index is 13.5. The van der Waals surface area contributed by atoms with Crippen LogP contribution in [0.15, 0.2) is 32.5 Å². The van der Waals surface area contributed by atoms with E-state index in [1.165, 1.54) is 0 Å². The fourth-order valence-corrected chi connectivity index (χ4v) is 2.99. The molecule has 17 heavy (non-hydrogen) atoms. The summed E-state index contributed by atoms with van der Waals surface area (Å²) in [5.74, 6) is -0.963. The van der Waals surface area contributed by atoms with E-state index in [4.69, 9.17) is 0 Å². The van der Waals surface area contributed by atoms with Gasteiger partial charge in [-0.05, 0) is 44.0 Å². The van der Waals surface area contributed by atoms with Crippen LogP contribution >= 0.6 is 43.2 Å². The second-order valence-corrected chi connectivity index (χ2v) is 6.10. The number of hydrogen-bond donors (Lipinski definition) is 1. The van der Waals surface area contributed by atoms with Crippen LogP contribution in [-0.2, 0) is 6.54 Å². The molecule has 90 valence electrons. The van der Waals surface area contributed by atoms with E-state index in [9.17, 15) is 8.78 Å². The molecule has 1 aromatic carbocycles. The zero-order chi connectivity index (χ0) is 12.4. The average Bonchev–Trinajstić information content (AvgIpc) is 2.68. The van der Waals surface area contributed by atoms with Crippen molar-refractivity contribution in [3.8, 4) is 0 Å². The lowest BCUT2D eigenvalue weighted by molar-refractivity contribution is 0.596. The van der Waals surface area contributed by atoms with Crippen LogP contribution in [0.5, 0.6) is 0 Å². The third-order valence-corrected chi connectivity index (χ3v) is 4.39. The van der Waals surface area contributed by atoms with Crippen molar-refractivity contribution in [2.75, 3.05) is 5.32 Å². The van der Waals surface area contributed by atoms with E-state index in [1.807, 2.05) is 11.4 Å². The van der Waals surface area contributed by atoms with Gasteiger partial charge in [-0.15, -0.1) is 11.3 Å². The molecule has 0 atom stereocenters. The van der Waals surface area contributed by atoms with Crippen molar-refractivity contribution in [3.63, 3.8) is 0 Å². The van der Waals surface area contributed by atoms with Crippen molar-refractivity contribution < 1.29 is 8.78 Å². The molecule has 0 unspecified atom stereocenters. The number of thiophene rings is 1. The van der Waals surface area contributed by atoms with Gasteiger partial charge in [-0.3, -0.25) is 0 Å². The van der Waals surface area contributed by atoms with Crippen LogP contribution in [-0.4, -0.2) is 0 Å². The Kier molecular flexibility index (Phi) is 4.17. The van der Waals surface area contributed by atoms with E-state index in [1.54, 1.807) is 11.3 Å². The smallest absolute Gasteiger partial charge is 0.147 e. The van der Waals surface area contributed by atoms with Gasteiger partial charge < -0.3 is 5.32 Å². The monoisotopic (exact) mass is 381 g/mol. The third-order valence-electron chi connectivity index (χ3n) is 2.08. The maximum atomic E-state index is 13.5. The van der Waals surface area contributed by atoms with Crippen molar-refractivity contribution in [1.82, 2.24) is 0 Å². The van der Waals surface area contributed by atoms with E-state index in [2.05, 4.69) is 37.2 Å². The van der Waals surface area contributed by atoms with Crippen molar-refractivity contribution >= 4 is 48.9 Å². The summed E-state index contributed by atoms with van der Waals surface area (Å²) >= 11 is 7.82. The lowest BCUT2D eigenvalue weighted by Gasteiger charge is -2.07. The summed E-state index contributed by atoms with van der Waals surface area (Å²) < 4.78 is 27.8. The lowest BCUT2D eigenvalue weighted by atomic mass is 10.3. The summed E-state index contributed by atoms with van der Waals surface area (Å²) in [7, 11) is 0. The number of hydrogen-bond acceptors (Lipinski definition) is 2. The molecule has 0 bridgehead atoms. The van der Waals surface area contributed by atoms with Crippen LogP contribution in [0.4, 0.5) is 14.5 Å². The number of nitrogens with one attached hydrogen (secondary N) is 1. The van der Waals surface area contributed by atoms with Gasteiger partial charge in [0.05, 0.1) is 10.2 Å². The summed E-state index contributed by atoms with van der Waals surface area (Å²) in [5.41, 5.74) is 0.162. The molecule has 0 saturated carbocycles. The Labute approximate surface area is 118 Å². The fraction of sp³-hybridized carbons (Fsp3) is 0.0909. The van der Waals surface area contributed by atoms with Crippen LogP contribution in [0.25, 0.3) is 0 Å². The Hall–Kier alpha value is -0.460. The molecular formula is C11H7Br2F2NS. The van der Waals surface area contributed by atoms with E-state index < -0.39 is 11.6 Å². The maximum Gasteiger partial charge on any atom is 0.147 e. The Morgan fingerprint density at radius 1 is 1.12 bits per heavy atom. The van der Waals surface area contributed by atoms with E-state index in [0.29, 0.717) is 6.54 Å². The molecule has 0 amide bonds. The van der Waals surface area contributed by atoms with Gasteiger partial charge in [0.2, 0.25) is 0 Å². The molecule has 0 aliphatic rings. The molecule has 2 rings (SSSR count). The highest BCUT2D eigenvalue weighted by Gasteiger charge is 2.08. The first kappa shape index (κ1) is 13.0. The number of halogens is 4. The van der Waals surface area contributed by atoms with Gasteiger partial charge in [0, 0.05) is 27.3 Å². The number of benzene rings is 1. The predicted octanol–water partition coefficient (Wildman–Crippen LogP) is 5.16. The van der Waals surface area contributed by atoms with Crippen molar-refractivity contribution in [1.29, 1.82) is 0 Å². The van der Waals surface area contributed by atoms with Crippen LogP contribution in [0.2, 0.25) is 0 Å². The van der Waals surface area contributed by atoms with Crippen LogP contribution in [0.1, 0.15) is 4.88 Å². The molecule has 6 heteroatoms. The Morgan fingerprint density at radius 3 is 2.53 bits per heavy atom. The van der Waals surface area contributed by atoms with Gasteiger partial charge in [-0.2, -0.15) is 0 Å². The van der Waals surface area contributed by atoms with Gasteiger partial charge in [-0.1, -0.05) is 0 Å². The summed E-state index contributed by atoms with van der Waals surface area (Å²) in [6.45, 7) is 0.467. The standard InChI is InChI=1S/C11H7Br2F2NS/c12-6-1-7(17-5-6)4-16-11-3-9(14)8(13)2-10(11)15/h1-3,5,16H,4H2. The summed E-state index contributed by atoms with van der Waals surface area (Å²) in [4.78, 5) is 1.04. The SMILES string of the molecule is Fc1cc(NCc2cc(Br)cs2)c(F)cc1Br. The molecule has 1 heterocycles. The van der Waals surface area contributed by atoms with E-state index in [0.717, 1.165) is 21.5 Å². The first-order chi connectivity index (χ1) is 8.06. The van der Waals surface area contributed by atoms with E-state index >= 15 is 0 Å². The highest BCUT2D eigenvalue weighted by atomic mass is 79.9. The average molecular weight is 383 g/mol. The second-order valence-electron chi connectivity index (χ2n) is 3.33. The normalized spacial score (nSPS) is 10.6. The lowest BCUT2D eigenvalue weighted by Crippen LogP contribution is -2.00. The summed E-state index contributed by atoms with van der Waals surface area (Å²) in [5, 5.41) is 4.80. The first-order valence-electron chi connectivity index (χ1n) is 4.67. The Bertz CT molecular complexity index is 542. The minimum atomic E-state index is -0.485. The van der Waals surface area contributed by atoms with Crippen LogP contribution in [0.3, 0.4) is 0 Å². The summed E-state index contributed by atoms with van der Waals surface area (Å²) in [6.07, 6.45) is 0. The zero-order valence-corrected chi connectivity index (χ0v) is 12.4. The topological polar surface area (TPSA) is 12.0 Å². The Balaban J connectivity index is 2.11. The molecule has 0 spiro atoms. The molecule has 1 aromatic heterocycles. The van der Waals surface area contributed by atoms with Crippen molar-refractivity contribution in [3.05, 3.63) is 49.0 Å². The van der Waals surface area contributed by atoms with E-state index in [-0.39, 0.29) is 10.2 Å². The zero-order valence-electron chi connectivity index (χ0n) is 8.44. The van der Waals surface area contributed by atoms with Crippen molar-refractivity contribution in [2.24, 2.45) is 0 Å². The molecule has 0 aliphatic heterocycles. The van der Waals surface area contributed by atoms with Crippen LogP contribution < -0.4 is 5.32 Å². The van der Waals surface area contributed by atoms with Gasteiger partial charge in [0.15, 0.2) is 0 Å². The number of anilines is 1. The predicted molar refractivity (Wildman–Crippen MR) is 73.4 cm³/mol. The minimum Gasteiger partial charge on any atom is -0.378 e. The molecule has 1 N–H and O–H groups in total. The quantitative estimate of drug-likeness (QED) is 0.722. The highest BCUT2D eigenvalue weighted by Crippen LogP contribution is 2.25. The number of rotatable bonds is 3. The van der Waals surface area contributed by atoms with Crippen LogP contribution in [0, 0.1) is 11.6 Å². The fourth-order valence-electron chi connectivity index (χ4n) is 1.29. The highest BCUT2D eigenvalue weighted by molar-refractivity contribution is 9.10. The van der Waals surface area contributed by atoms with Gasteiger partial charge >= 0.3 is 0 Å². The Morgan fingerprint density at radius 2 is 1.88 bits per heavy atom. The molecule has 1 nitrogen and oxygen atoms in total. The van der Waals surface area contributed by atoms with Gasteiger partial charge in [-0.25, -0.2) is 8.78 Å². The second kappa shape index (κ2) is 5.46. The first-order valence-corrected chi connectivity index (χ1v) is 7.14. The van der Waals surface area contributed by atoms with Gasteiger partial charge in [0.1, 0.15) is 11.6 Å².